The lowest BCUT2D eigenvalue weighted by molar-refractivity contribution is 0.0987. The van der Waals surface area contributed by atoms with Crippen molar-refractivity contribution in [3.05, 3.63) is 89.2 Å². The molecule has 0 atom stereocenters. The van der Waals surface area contributed by atoms with Gasteiger partial charge in [0.25, 0.3) is 0 Å². The van der Waals surface area contributed by atoms with Crippen LogP contribution in [-0.4, -0.2) is 10.8 Å². The van der Waals surface area contributed by atoms with Crippen molar-refractivity contribution in [2.24, 2.45) is 0 Å². The second-order valence-electron chi connectivity index (χ2n) is 6.08. The molecule has 4 rings (SSSR count). The first-order valence-electron chi connectivity index (χ1n) is 8.43. The number of aryl methyl sites for hydroxylation is 1. The third-order valence-electron chi connectivity index (χ3n) is 4.34. The van der Waals surface area contributed by atoms with Gasteiger partial charge in [-0.3, -0.25) is 4.79 Å². The van der Waals surface area contributed by atoms with E-state index in [9.17, 15) is 9.18 Å². The molecule has 0 fully saturated rings. The van der Waals surface area contributed by atoms with Crippen molar-refractivity contribution in [1.82, 2.24) is 4.98 Å². The van der Waals surface area contributed by atoms with Crippen LogP contribution in [-0.2, 0) is 6.42 Å². The summed E-state index contributed by atoms with van der Waals surface area (Å²) in [6, 6.07) is 20.1. The van der Waals surface area contributed by atoms with Gasteiger partial charge >= 0.3 is 0 Å². The molecule has 0 bridgehead atoms. The Morgan fingerprint density at radius 2 is 1.73 bits per heavy atom. The predicted octanol–water partition coefficient (Wildman–Crippen LogP) is 5.92. The van der Waals surface area contributed by atoms with Crippen LogP contribution in [0.25, 0.3) is 21.3 Å². The van der Waals surface area contributed by atoms with Gasteiger partial charge in [0.2, 0.25) is 0 Å². The molecule has 0 aliphatic rings. The topological polar surface area (TPSA) is 30.0 Å². The Balaban J connectivity index is 1.73. The fraction of sp³-hybridized carbons (Fsp3) is 0.0909. The van der Waals surface area contributed by atoms with Crippen LogP contribution < -0.4 is 0 Å². The van der Waals surface area contributed by atoms with E-state index in [2.05, 4.69) is 4.98 Å². The molecule has 2 nitrogen and oxygen atoms in total. The number of benzene rings is 2. The summed E-state index contributed by atoms with van der Waals surface area (Å²) in [6.45, 7) is 0. The third-order valence-corrected chi connectivity index (χ3v) is 5.49. The van der Waals surface area contributed by atoms with Crippen molar-refractivity contribution >= 4 is 27.3 Å². The molecule has 0 saturated heterocycles. The lowest BCUT2D eigenvalue weighted by Crippen LogP contribution is -2.00. The summed E-state index contributed by atoms with van der Waals surface area (Å²) in [5.41, 5.74) is 2.84. The van der Waals surface area contributed by atoms with Crippen LogP contribution in [0.4, 0.5) is 4.39 Å². The average Bonchev–Trinajstić information content (AvgIpc) is 3.07. The maximum absolute atomic E-state index is 13.3. The van der Waals surface area contributed by atoms with Gasteiger partial charge in [-0.05, 0) is 41.8 Å². The molecule has 0 N–H and O–H groups in total. The van der Waals surface area contributed by atoms with Crippen LogP contribution in [0.5, 0.6) is 0 Å². The Kier molecular flexibility index (Phi) is 4.59. The van der Waals surface area contributed by atoms with Crippen molar-refractivity contribution in [1.29, 1.82) is 0 Å². The van der Waals surface area contributed by atoms with Crippen molar-refractivity contribution in [3.8, 4) is 11.1 Å². The summed E-state index contributed by atoms with van der Waals surface area (Å²) in [4.78, 5) is 18.9. The van der Waals surface area contributed by atoms with Gasteiger partial charge in [0, 0.05) is 23.6 Å². The summed E-state index contributed by atoms with van der Waals surface area (Å²) < 4.78 is 13.3. The molecule has 2 aromatic carbocycles. The molecular weight excluding hydrogens is 345 g/mol. The highest BCUT2D eigenvalue weighted by molar-refractivity contribution is 7.21. The number of ketones is 1. The highest BCUT2D eigenvalue weighted by Gasteiger charge is 2.20. The molecule has 0 aliphatic carbocycles. The van der Waals surface area contributed by atoms with Crippen LogP contribution in [0, 0.1) is 5.82 Å². The van der Waals surface area contributed by atoms with E-state index in [0.717, 1.165) is 26.9 Å². The first-order valence-corrected chi connectivity index (χ1v) is 9.24. The fourth-order valence-electron chi connectivity index (χ4n) is 3.05. The molecule has 0 spiro atoms. The Hall–Kier alpha value is -2.85. The van der Waals surface area contributed by atoms with E-state index in [1.165, 1.54) is 23.5 Å². The molecule has 0 saturated carbocycles. The number of fused-ring (bicyclic) bond motifs is 1. The maximum atomic E-state index is 13.3. The smallest absolute Gasteiger partial charge is 0.173 e. The zero-order chi connectivity index (χ0) is 17.9. The number of nitrogens with zero attached hydrogens (tertiary/aromatic N) is 1. The minimum atomic E-state index is -0.289. The number of rotatable bonds is 5. The highest BCUT2D eigenvalue weighted by Crippen LogP contribution is 2.38. The van der Waals surface area contributed by atoms with Gasteiger partial charge in [0.15, 0.2) is 5.78 Å². The normalized spacial score (nSPS) is 11.0. The van der Waals surface area contributed by atoms with E-state index in [4.69, 9.17) is 0 Å². The molecule has 4 heteroatoms. The second kappa shape index (κ2) is 7.18. The summed E-state index contributed by atoms with van der Waals surface area (Å²) >= 11 is 1.41. The third kappa shape index (κ3) is 3.28. The van der Waals surface area contributed by atoms with Gasteiger partial charge in [0.05, 0.1) is 4.88 Å². The van der Waals surface area contributed by atoms with Gasteiger partial charge in [-0.15, -0.1) is 11.3 Å². The number of carbonyl (C=O) groups excluding carboxylic acids is 1. The molecule has 2 aromatic heterocycles. The average molecular weight is 361 g/mol. The van der Waals surface area contributed by atoms with Crippen LogP contribution in [0.3, 0.4) is 0 Å². The van der Waals surface area contributed by atoms with Crippen molar-refractivity contribution in [2.75, 3.05) is 0 Å². The molecule has 0 radical (unpaired) electrons. The molecular formula is C22H16FNOS. The Labute approximate surface area is 155 Å². The van der Waals surface area contributed by atoms with E-state index in [1.807, 2.05) is 42.5 Å². The number of halogens is 1. The van der Waals surface area contributed by atoms with Gasteiger partial charge in [-0.25, -0.2) is 9.37 Å². The molecule has 2 heterocycles. The Morgan fingerprint density at radius 3 is 2.50 bits per heavy atom. The van der Waals surface area contributed by atoms with Crippen LogP contribution in [0.1, 0.15) is 21.7 Å². The van der Waals surface area contributed by atoms with E-state index in [0.29, 0.717) is 17.7 Å². The van der Waals surface area contributed by atoms with Crippen molar-refractivity contribution in [3.63, 3.8) is 0 Å². The standard InChI is InChI=1S/C22H16FNOS/c23-17-11-9-16(10-12-17)20-18-7-4-14-24-22(18)26-21(20)19(25)13-8-15-5-2-1-3-6-15/h1-7,9-12,14H,8,13H2. The number of aromatic nitrogens is 1. The molecule has 0 aliphatic heterocycles. The van der Waals surface area contributed by atoms with Crippen LogP contribution >= 0.6 is 11.3 Å². The van der Waals surface area contributed by atoms with Crippen LogP contribution in [0.15, 0.2) is 72.9 Å². The number of carbonyl (C=O) groups is 1. The first kappa shape index (κ1) is 16.6. The van der Waals surface area contributed by atoms with E-state index in [-0.39, 0.29) is 11.6 Å². The van der Waals surface area contributed by atoms with Crippen LogP contribution in [0.2, 0.25) is 0 Å². The maximum Gasteiger partial charge on any atom is 0.173 e. The lowest BCUT2D eigenvalue weighted by Gasteiger charge is -2.05. The number of hydrogen-bond donors (Lipinski definition) is 0. The number of pyridine rings is 1. The lowest BCUT2D eigenvalue weighted by atomic mass is 9.99. The summed E-state index contributed by atoms with van der Waals surface area (Å²) in [7, 11) is 0. The van der Waals surface area contributed by atoms with Crippen molar-refractivity contribution in [2.45, 2.75) is 12.8 Å². The molecule has 26 heavy (non-hydrogen) atoms. The van der Waals surface area contributed by atoms with E-state index >= 15 is 0 Å². The van der Waals surface area contributed by atoms with E-state index < -0.39 is 0 Å². The summed E-state index contributed by atoms with van der Waals surface area (Å²) in [6.07, 6.45) is 2.86. The zero-order valence-corrected chi connectivity index (χ0v) is 14.8. The molecule has 0 unspecified atom stereocenters. The molecule has 128 valence electrons. The fourth-order valence-corrected chi connectivity index (χ4v) is 4.18. The Bertz CT molecular complexity index is 1050. The highest BCUT2D eigenvalue weighted by atomic mass is 32.1. The monoisotopic (exact) mass is 361 g/mol. The van der Waals surface area contributed by atoms with Crippen molar-refractivity contribution < 1.29 is 9.18 Å². The largest absolute Gasteiger partial charge is 0.293 e. The minimum absolute atomic E-state index is 0.0937. The van der Waals surface area contributed by atoms with Gasteiger partial charge in [-0.2, -0.15) is 0 Å². The van der Waals surface area contributed by atoms with Gasteiger partial charge < -0.3 is 0 Å². The Morgan fingerprint density at radius 1 is 0.962 bits per heavy atom. The zero-order valence-electron chi connectivity index (χ0n) is 14.0. The van der Waals surface area contributed by atoms with Gasteiger partial charge in [0.1, 0.15) is 10.6 Å². The number of thiophene rings is 1. The SMILES string of the molecule is O=C(CCc1ccccc1)c1sc2ncccc2c1-c1ccc(F)cc1. The first-order chi connectivity index (χ1) is 12.7. The summed E-state index contributed by atoms with van der Waals surface area (Å²) in [5, 5.41) is 0.937. The van der Waals surface area contributed by atoms with E-state index in [1.54, 1.807) is 18.3 Å². The second-order valence-corrected chi connectivity index (χ2v) is 7.08. The molecule has 0 amide bonds. The minimum Gasteiger partial charge on any atom is -0.293 e. The summed E-state index contributed by atoms with van der Waals surface area (Å²) in [5.74, 6) is -0.195. The molecule has 4 aromatic rings. The number of Topliss-reactive ketones (excluding diaryl/α,β-unsaturated/α-hetero) is 1. The number of hydrogen-bond acceptors (Lipinski definition) is 3. The van der Waals surface area contributed by atoms with Gasteiger partial charge in [-0.1, -0.05) is 42.5 Å². The quantitative estimate of drug-likeness (QED) is 0.413. The predicted molar refractivity (Wildman–Crippen MR) is 104 cm³/mol.